The van der Waals surface area contributed by atoms with Gasteiger partial charge in [0, 0.05) is 25.7 Å². The summed E-state index contributed by atoms with van der Waals surface area (Å²) in [5.74, 6) is -0.792. The molecule has 1 aliphatic rings. The maximum absolute atomic E-state index is 13.3. The molecule has 1 N–H and O–H groups in total. The summed E-state index contributed by atoms with van der Waals surface area (Å²) in [6, 6.07) is 10.4. The topological polar surface area (TPSA) is 114 Å². The minimum atomic E-state index is -0.750. The summed E-state index contributed by atoms with van der Waals surface area (Å²) in [6.07, 6.45) is 1.22. The molecule has 190 valence electrons. The number of carbonyl (C=O) groups is 3. The van der Waals surface area contributed by atoms with E-state index in [1.807, 2.05) is 26.0 Å². The van der Waals surface area contributed by atoms with E-state index >= 15 is 0 Å². The fourth-order valence-corrected chi connectivity index (χ4v) is 3.84. The molecule has 3 aromatic rings. The van der Waals surface area contributed by atoms with Crippen molar-refractivity contribution in [1.29, 1.82) is 0 Å². The van der Waals surface area contributed by atoms with Crippen LogP contribution in [0, 0.1) is 0 Å². The van der Waals surface area contributed by atoms with Gasteiger partial charge in [0.2, 0.25) is 0 Å². The summed E-state index contributed by atoms with van der Waals surface area (Å²) < 4.78 is 6.62. The van der Waals surface area contributed by atoms with Gasteiger partial charge >= 0.3 is 0 Å². The molecule has 2 aromatic carbocycles. The molecule has 1 aromatic heterocycles. The zero-order chi connectivity index (χ0) is 27.0. The Labute approximate surface area is 213 Å². The second kappa shape index (κ2) is 9.73. The third-order valence-corrected chi connectivity index (χ3v) is 6.32. The number of fused-ring (bicyclic) bond motifs is 2. The Hall–Kier alpha value is -4.73. The van der Waals surface area contributed by atoms with E-state index < -0.39 is 17.4 Å². The van der Waals surface area contributed by atoms with Crippen molar-refractivity contribution in [3.8, 4) is 16.9 Å². The van der Waals surface area contributed by atoms with Gasteiger partial charge in [0.15, 0.2) is 6.61 Å². The van der Waals surface area contributed by atoms with Crippen molar-refractivity contribution in [2.45, 2.75) is 19.9 Å². The van der Waals surface area contributed by atoms with Gasteiger partial charge in [0.05, 0.1) is 22.3 Å². The van der Waals surface area contributed by atoms with Gasteiger partial charge in [-0.2, -0.15) is 0 Å². The first-order valence-corrected chi connectivity index (χ1v) is 11.5. The van der Waals surface area contributed by atoms with E-state index in [0.717, 1.165) is 10.1 Å². The Kier molecular flexibility index (Phi) is 6.67. The standard InChI is InChI=1S/C27H27N5O5/c1-15(2)30(5)26(35)16(3)29-25(34)17(4)32-14-28-24-19(8-7-9-20(24)27(32)36)18-10-11-21-22(12-18)37-13-23(33)31(21)6/h7-12,14-15H,3-4,13H2,1-2,5-6H3,(H,29,34). The van der Waals surface area contributed by atoms with Gasteiger partial charge < -0.3 is 19.9 Å². The number of anilines is 1. The Balaban J connectivity index is 1.65. The van der Waals surface area contributed by atoms with Crippen molar-refractivity contribution in [2.24, 2.45) is 0 Å². The number of benzene rings is 2. The summed E-state index contributed by atoms with van der Waals surface area (Å²) in [5, 5.41) is 2.68. The van der Waals surface area contributed by atoms with Crippen molar-refractivity contribution in [3.63, 3.8) is 0 Å². The van der Waals surface area contributed by atoms with Crippen LogP contribution in [0.4, 0.5) is 5.69 Å². The molecular formula is C27H27N5O5. The van der Waals surface area contributed by atoms with Crippen LogP contribution < -0.4 is 20.5 Å². The highest BCUT2D eigenvalue weighted by molar-refractivity contribution is 6.15. The Morgan fingerprint density at radius 2 is 1.89 bits per heavy atom. The van der Waals surface area contributed by atoms with Gasteiger partial charge in [0.25, 0.3) is 23.3 Å². The first kappa shape index (κ1) is 25.4. The van der Waals surface area contributed by atoms with E-state index in [0.29, 0.717) is 22.5 Å². The quantitative estimate of drug-likeness (QED) is 0.519. The summed E-state index contributed by atoms with van der Waals surface area (Å²) in [7, 11) is 3.28. The zero-order valence-electron chi connectivity index (χ0n) is 21.1. The number of nitrogens with zero attached hydrogens (tertiary/aromatic N) is 4. The first-order chi connectivity index (χ1) is 17.5. The van der Waals surface area contributed by atoms with Gasteiger partial charge in [-0.3, -0.25) is 23.7 Å². The van der Waals surface area contributed by atoms with Gasteiger partial charge in [-0.1, -0.05) is 31.4 Å². The number of ether oxygens (including phenoxy) is 1. The smallest absolute Gasteiger partial charge is 0.272 e. The predicted octanol–water partition coefficient (Wildman–Crippen LogP) is 2.39. The van der Waals surface area contributed by atoms with Crippen LogP contribution in [0.5, 0.6) is 5.75 Å². The SMILES string of the molecule is C=C(NC(=O)C(=C)n1cnc2c(-c3ccc4c(c3)OCC(=O)N4C)cccc2c1=O)C(=O)N(C)C(C)C. The molecule has 0 spiro atoms. The summed E-state index contributed by atoms with van der Waals surface area (Å²) in [4.78, 5) is 57.7. The molecule has 0 atom stereocenters. The minimum Gasteiger partial charge on any atom is -0.482 e. The van der Waals surface area contributed by atoms with Crippen LogP contribution >= 0.6 is 0 Å². The molecule has 0 bridgehead atoms. The summed E-state index contributed by atoms with van der Waals surface area (Å²) >= 11 is 0. The molecule has 0 radical (unpaired) electrons. The van der Waals surface area contributed by atoms with Gasteiger partial charge in [0.1, 0.15) is 17.8 Å². The van der Waals surface area contributed by atoms with Crippen LogP contribution in [-0.2, 0) is 14.4 Å². The van der Waals surface area contributed by atoms with E-state index in [1.54, 1.807) is 38.4 Å². The molecule has 2 heterocycles. The molecule has 0 unspecified atom stereocenters. The fraction of sp³-hybridized carbons (Fsp3) is 0.222. The van der Waals surface area contributed by atoms with Crippen LogP contribution in [0.3, 0.4) is 0 Å². The highest BCUT2D eigenvalue weighted by atomic mass is 16.5. The van der Waals surface area contributed by atoms with Crippen molar-refractivity contribution in [1.82, 2.24) is 19.8 Å². The average molecular weight is 502 g/mol. The normalized spacial score (nSPS) is 12.7. The average Bonchev–Trinajstić information content (AvgIpc) is 2.89. The summed E-state index contributed by atoms with van der Waals surface area (Å²) in [5.41, 5.74) is 1.67. The number of hydrogen-bond acceptors (Lipinski definition) is 6. The number of rotatable bonds is 6. The molecule has 4 rings (SSSR count). The van der Waals surface area contributed by atoms with Crippen LogP contribution in [0.15, 0.2) is 66.4 Å². The largest absolute Gasteiger partial charge is 0.482 e. The zero-order valence-corrected chi connectivity index (χ0v) is 21.1. The number of carbonyl (C=O) groups excluding carboxylic acids is 3. The van der Waals surface area contributed by atoms with Crippen molar-refractivity contribution < 1.29 is 19.1 Å². The molecule has 0 saturated heterocycles. The molecule has 10 heteroatoms. The van der Waals surface area contributed by atoms with Crippen LogP contribution in [-0.4, -0.2) is 58.9 Å². The van der Waals surface area contributed by atoms with E-state index in [-0.39, 0.29) is 35.3 Å². The lowest BCUT2D eigenvalue weighted by Gasteiger charge is -2.26. The molecule has 1 aliphatic heterocycles. The lowest BCUT2D eigenvalue weighted by Crippen LogP contribution is -2.40. The van der Waals surface area contributed by atoms with Gasteiger partial charge in [-0.25, -0.2) is 4.98 Å². The number of nitrogens with one attached hydrogen (secondary N) is 1. The second-order valence-corrected chi connectivity index (χ2v) is 8.93. The van der Waals surface area contributed by atoms with E-state index in [9.17, 15) is 19.2 Å². The van der Waals surface area contributed by atoms with Gasteiger partial charge in [-0.15, -0.1) is 0 Å². The van der Waals surface area contributed by atoms with Crippen molar-refractivity contribution >= 4 is 40.0 Å². The van der Waals surface area contributed by atoms with Crippen molar-refractivity contribution in [2.75, 3.05) is 25.6 Å². The monoisotopic (exact) mass is 501 g/mol. The van der Waals surface area contributed by atoms with Crippen LogP contribution in [0.2, 0.25) is 0 Å². The van der Waals surface area contributed by atoms with E-state index in [4.69, 9.17) is 4.74 Å². The molecule has 3 amide bonds. The molecule has 0 aliphatic carbocycles. The number of para-hydroxylation sites is 1. The lowest BCUT2D eigenvalue weighted by molar-refractivity contribution is -0.129. The Bertz CT molecular complexity index is 1540. The third kappa shape index (κ3) is 4.61. The Morgan fingerprint density at radius 1 is 1.16 bits per heavy atom. The molecule has 0 saturated carbocycles. The Morgan fingerprint density at radius 3 is 2.59 bits per heavy atom. The molecule has 37 heavy (non-hydrogen) atoms. The maximum atomic E-state index is 13.3. The highest BCUT2D eigenvalue weighted by Crippen LogP contribution is 2.36. The first-order valence-electron chi connectivity index (χ1n) is 11.5. The number of likely N-dealkylation sites (N-methyl/N-ethyl adjacent to an activating group) is 2. The van der Waals surface area contributed by atoms with E-state index in [1.165, 1.54) is 16.1 Å². The van der Waals surface area contributed by atoms with Crippen LogP contribution in [0.25, 0.3) is 27.7 Å². The highest BCUT2D eigenvalue weighted by Gasteiger charge is 2.24. The maximum Gasteiger partial charge on any atom is 0.272 e. The van der Waals surface area contributed by atoms with Crippen molar-refractivity contribution in [3.05, 3.63) is 71.9 Å². The third-order valence-electron chi connectivity index (χ3n) is 6.32. The summed E-state index contributed by atoms with van der Waals surface area (Å²) in [6.45, 7) is 11.0. The number of aromatic nitrogens is 2. The number of amides is 3. The minimum absolute atomic E-state index is 0.0542. The lowest BCUT2D eigenvalue weighted by atomic mass is 10.0. The molecule has 10 nitrogen and oxygen atoms in total. The van der Waals surface area contributed by atoms with Gasteiger partial charge in [-0.05, 0) is 37.6 Å². The predicted molar refractivity (Wildman–Crippen MR) is 141 cm³/mol. The number of hydrogen-bond donors (Lipinski definition) is 1. The molecular weight excluding hydrogens is 474 g/mol. The second-order valence-electron chi connectivity index (χ2n) is 8.93. The van der Waals surface area contributed by atoms with E-state index in [2.05, 4.69) is 23.5 Å². The van der Waals surface area contributed by atoms with Crippen LogP contribution in [0.1, 0.15) is 13.8 Å². The fourth-order valence-electron chi connectivity index (χ4n) is 3.84. The molecule has 0 fully saturated rings.